The van der Waals surface area contributed by atoms with E-state index in [9.17, 15) is 10.1 Å². The number of rotatable bonds is 5. The molecule has 0 bridgehead atoms. The fourth-order valence-electron chi connectivity index (χ4n) is 1.24. The van der Waals surface area contributed by atoms with Crippen molar-refractivity contribution in [3.63, 3.8) is 0 Å². The number of nitro benzene ring substituents is 1. The van der Waals surface area contributed by atoms with Crippen LogP contribution in [0.5, 0.6) is 0 Å². The molecule has 7 heteroatoms. The minimum absolute atomic E-state index is 0. The zero-order valence-corrected chi connectivity index (χ0v) is 13.0. The standard InChI is InChI=1S/C12H16N4O2.HI/c1-9(2)7-14-12(13)15-8-10-4-3-5-11(6-10)16(17)18;/h3-6H,1,7-8H2,2H3,(H3,13,14,15);1H. The Morgan fingerprint density at radius 3 is 2.84 bits per heavy atom. The minimum Gasteiger partial charge on any atom is -0.370 e. The molecule has 0 saturated heterocycles. The molecule has 0 aliphatic heterocycles. The number of hydrogen-bond acceptors (Lipinski definition) is 3. The minimum atomic E-state index is -0.435. The Labute approximate surface area is 129 Å². The van der Waals surface area contributed by atoms with E-state index < -0.39 is 4.92 Å². The Bertz CT molecular complexity index is 488. The van der Waals surface area contributed by atoms with E-state index in [0.29, 0.717) is 19.0 Å². The van der Waals surface area contributed by atoms with Crippen LogP contribution in [0.2, 0.25) is 0 Å². The molecule has 0 saturated carbocycles. The predicted octanol–water partition coefficient (Wildman–Crippen LogP) is 2.19. The first kappa shape index (κ1) is 17.4. The summed E-state index contributed by atoms with van der Waals surface area (Å²) in [6, 6.07) is 6.31. The summed E-state index contributed by atoms with van der Waals surface area (Å²) < 4.78 is 0. The summed E-state index contributed by atoms with van der Waals surface area (Å²) in [6.45, 7) is 6.47. The lowest BCUT2D eigenvalue weighted by Crippen LogP contribution is -2.32. The van der Waals surface area contributed by atoms with E-state index in [1.165, 1.54) is 12.1 Å². The van der Waals surface area contributed by atoms with E-state index in [2.05, 4.69) is 16.9 Å². The van der Waals surface area contributed by atoms with Crippen molar-refractivity contribution in [1.29, 1.82) is 0 Å². The number of guanidine groups is 1. The Kier molecular flexibility index (Phi) is 7.73. The van der Waals surface area contributed by atoms with Crippen LogP contribution in [0.1, 0.15) is 12.5 Å². The van der Waals surface area contributed by atoms with E-state index in [-0.39, 0.29) is 29.7 Å². The molecule has 0 amide bonds. The van der Waals surface area contributed by atoms with Crippen LogP contribution in [0.15, 0.2) is 41.4 Å². The summed E-state index contributed by atoms with van der Waals surface area (Å²) in [7, 11) is 0. The topological polar surface area (TPSA) is 93.5 Å². The molecule has 1 rings (SSSR count). The first-order valence-electron chi connectivity index (χ1n) is 5.40. The van der Waals surface area contributed by atoms with Crippen LogP contribution in [0.25, 0.3) is 0 Å². The van der Waals surface area contributed by atoms with Crippen molar-refractivity contribution in [3.05, 3.63) is 52.1 Å². The highest BCUT2D eigenvalue weighted by atomic mass is 127. The number of aliphatic imine (C=N–C) groups is 1. The van der Waals surface area contributed by atoms with Gasteiger partial charge in [0.25, 0.3) is 5.69 Å². The van der Waals surface area contributed by atoms with Crippen molar-refractivity contribution in [2.45, 2.75) is 13.5 Å². The van der Waals surface area contributed by atoms with Gasteiger partial charge in [-0.15, -0.1) is 24.0 Å². The first-order chi connectivity index (χ1) is 8.49. The summed E-state index contributed by atoms with van der Waals surface area (Å²) in [5.74, 6) is 0.296. The average molecular weight is 376 g/mol. The highest BCUT2D eigenvalue weighted by Crippen LogP contribution is 2.13. The maximum absolute atomic E-state index is 10.6. The molecule has 3 N–H and O–H groups in total. The largest absolute Gasteiger partial charge is 0.370 e. The third kappa shape index (κ3) is 6.75. The molecular formula is C12H17IN4O2. The average Bonchev–Trinajstić information content (AvgIpc) is 2.34. The smallest absolute Gasteiger partial charge is 0.269 e. The van der Waals surface area contributed by atoms with Crippen LogP contribution in [0.4, 0.5) is 5.69 Å². The quantitative estimate of drug-likeness (QED) is 0.206. The highest BCUT2D eigenvalue weighted by Gasteiger charge is 2.04. The van der Waals surface area contributed by atoms with Gasteiger partial charge in [-0.3, -0.25) is 10.1 Å². The number of nitrogens with one attached hydrogen (secondary N) is 1. The highest BCUT2D eigenvalue weighted by molar-refractivity contribution is 14.0. The van der Waals surface area contributed by atoms with Gasteiger partial charge in [-0.25, -0.2) is 4.99 Å². The molecule has 0 atom stereocenters. The fraction of sp³-hybridized carbons (Fsp3) is 0.250. The number of hydrogen-bond donors (Lipinski definition) is 2. The third-order valence-corrected chi connectivity index (χ3v) is 2.12. The molecule has 0 unspecified atom stereocenters. The van der Waals surface area contributed by atoms with E-state index >= 15 is 0 Å². The van der Waals surface area contributed by atoms with E-state index in [4.69, 9.17) is 5.73 Å². The number of halogens is 1. The second kappa shape index (κ2) is 8.46. The second-order valence-electron chi connectivity index (χ2n) is 3.94. The van der Waals surface area contributed by atoms with Gasteiger partial charge in [-0.1, -0.05) is 24.3 Å². The third-order valence-electron chi connectivity index (χ3n) is 2.12. The molecule has 19 heavy (non-hydrogen) atoms. The summed E-state index contributed by atoms with van der Waals surface area (Å²) in [5, 5.41) is 13.5. The van der Waals surface area contributed by atoms with Crippen LogP contribution in [0, 0.1) is 10.1 Å². The Morgan fingerprint density at radius 1 is 1.58 bits per heavy atom. The molecule has 0 aromatic heterocycles. The van der Waals surface area contributed by atoms with Crippen molar-refractivity contribution in [2.75, 3.05) is 6.54 Å². The first-order valence-corrected chi connectivity index (χ1v) is 5.40. The molecular weight excluding hydrogens is 359 g/mol. The Morgan fingerprint density at radius 2 is 2.26 bits per heavy atom. The Hall–Kier alpha value is -1.64. The van der Waals surface area contributed by atoms with Crippen LogP contribution >= 0.6 is 24.0 Å². The van der Waals surface area contributed by atoms with Gasteiger partial charge in [-0.2, -0.15) is 0 Å². The molecule has 0 spiro atoms. The lowest BCUT2D eigenvalue weighted by molar-refractivity contribution is -0.384. The molecule has 0 aliphatic rings. The molecule has 0 fully saturated rings. The zero-order valence-electron chi connectivity index (χ0n) is 10.6. The molecule has 1 aromatic rings. The van der Waals surface area contributed by atoms with Gasteiger partial charge in [0.05, 0.1) is 11.5 Å². The van der Waals surface area contributed by atoms with E-state index in [0.717, 1.165) is 11.1 Å². The molecule has 0 aliphatic carbocycles. The zero-order chi connectivity index (χ0) is 13.5. The van der Waals surface area contributed by atoms with Gasteiger partial charge in [0.15, 0.2) is 5.96 Å². The summed E-state index contributed by atoms with van der Waals surface area (Å²) in [5.41, 5.74) is 7.37. The van der Waals surface area contributed by atoms with E-state index in [1.54, 1.807) is 12.1 Å². The van der Waals surface area contributed by atoms with Gasteiger partial charge in [0, 0.05) is 18.7 Å². The van der Waals surface area contributed by atoms with Crippen molar-refractivity contribution in [3.8, 4) is 0 Å². The number of benzene rings is 1. The normalized spacial score (nSPS) is 10.5. The van der Waals surface area contributed by atoms with E-state index in [1.807, 2.05) is 6.92 Å². The molecule has 104 valence electrons. The van der Waals surface area contributed by atoms with Crippen molar-refractivity contribution in [2.24, 2.45) is 10.7 Å². The van der Waals surface area contributed by atoms with Crippen molar-refractivity contribution in [1.82, 2.24) is 5.32 Å². The predicted molar refractivity (Wildman–Crippen MR) is 86.7 cm³/mol. The SMILES string of the molecule is C=C(C)CNC(N)=NCc1cccc([N+](=O)[O-])c1.I. The summed E-state index contributed by atoms with van der Waals surface area (Å²) in [4.78, 5) is 14.2. The lowest BCUT2D eigenvalue weighted by atomic mass is 10.2. The van der Waals surface area contributed by atoms with Crippen LogP contribution < -0.4 is 11.1 Å². The Balaban J connectivity index is 0.00000324. The van der Waals surface area contributed by atoms with Gasteiger partial charge >= 0.3 is 0 Å². The molecule has 0 heterocycles. The summed E-state index contributed by atoms with van der Waals surface area (Å²) >= 11 is 0. The number of non-ortho nitro benzene ring substituents is 1. The number of nitro groups is 1. The molecule has 0 radical (unpaired) electrons. The van der Waals surface area contributed by atoms with Crippen molar-refractivity contribution >= 4 is 35.6 Å². The van der Waals surface area contributed by atoms with Crippen LogP contribution in [0.3, 0.4) is 0 Å². The van der Waals surface area contributed by atoms with Gasteiger partial charge in [-0.05, 0) is 12.5 Å². The maximum Gasteiger partial charge on any atom is 0.269 e. The molecule has 6 nitrogen and oxygen atoms in total. The van der Waals surface area contributed by atoms with Gasteiger partial charge < -0.3 is 11.1 Å². The van der Waals surface area contributed by atoms with Crippen LogP contribution in [-0.4, -0.2) is 17.4 Å². The number of nitrogens with zero attached hydrogens (tertiary/aromatic N) is 2. The number of nitrogens with two attached hydrogens (primary N) is 1. The second-order valence-corrected chi connectivity index (χ2v) is 3.94. The molecule has 1 aromatic carbocycles. The monoisotopic (exact) mass is 376 g/mol. The van der Waals surface area contributed by atoms with Gasteiger partial charge in [0.1, 0.15) is 0 Å². The van der Waals surface area contributed by atoms with Crippen LogP contribution in [-0.2, 0) is 6.54 Å². The van der Waals surface area contributed by atoms with Gasteiger partial charge in [0.2, 0.25) is 0 Å². The fourth-order valence-corrected chi connectivity index (χ4v) is 1.24. The maximum atomic E-state index is 10.6. The van der Waals surface area contributed by atoms with Crippen molar-refractivity contribution < 1.29 is 4.92 Å². The summed E-state index contributed by atoms with van der Waals surface area (Å²) in [6.07, 6.45) is 0. The lowest BCUT2D eigenvalue weighted by Gasteiger charge is -2.04.